The molecule has 0 aliphatic heterocycles. The lowest BCUT2D eigenvalue weighted by atomic mass is 10.3. The number of hydrogen-bond acceptors (Lipinski definition) is 4. The summed E-state index contributed by atoms with van der Waals surface area (Å²) in [6.07, 6.45) is 4.42. The summed E-state index contributed by atoms with van der Waals surface area (Å²) in [7, 11) is -3.30. The van der Waals surface area contributed by atoms with Gasteiger partial charge in [0.15, 0.2) is 14.6 Å². The van der Waals surface area contributed by atoms with Gasteiger partial charge in [-0.15, -0.1) is 0 Å². The molecule has 0 atom stereocenters. The number of nitrogens with one attached hydrogen (secondary N) is 1. The molecule has 0 aliphatic rings. The molecule has 0 amide bonds. The van der Waals surface area contributed by atoms with Crippen LogP contribution >= 0.6 is 12.2 Å². The lowest BCUT2D eigenvalue weighted by Gasteiger charge is -2.03. The van der Waals surface area contributed by atoms with Crippen molar-refractivity contribution in [2.24, 2.45) is 0 Å². The van der Waals surface area contributed by atoms with Crippen LogP contribution in [0.4, 0.5) is 0 Å². The predicted molar refractivity (Wildman–Crippen MR) is 78.0 cm³/mol. The number of benzene rings is 1. The Morgan fingerprint density at radius 3 is 2.80 bits per heavy atom. The van der Waals surface area contributed by atoms with Crippen molar-refractivity contribution >= 4 is 33.1 Å². The van der Waals surface area contributed by atoms with E-state index in [2.05, 4.69) is 4.98 Å². The van der Waals surface area contributed by atoms with Crippen LogP contribution in [0.5, 0.6) is 0 Å². The van der Waals surface area contributed by atoms with Gasteiger partial charge >= 0.3 is 0 Å². The number of imidazole rings is 1. The number of hydrogen-bond donors (Lipinski definition) is 1. The highest BCUT2D eigenvalue weighted by Gasteiger charge is 2.15. The van der Waals surface area contributed by atoms with Crippen LogP contribution in [0.3, 0.4) is 0 Å². The Balaban J connectivity index is 2.25. The summed E-state index contributed by atoms with van der Waals surface area (Å²) in [4.78, 5) is 3.24. The molecule has 1 aromatic carbocycles. The number of sulfone groups is 1. The Labute approximate surface area is 120 Å². The zero-order chi connectivity index (χ0) is 14.3. The molecule has 0 bridgehead atoms. The van der Waals surface area contributed by atoms with E-state index in [4.69, 9.17) is 16.6 Å². The van der Waals surface area contributed by atoms with Gasteiger partial charge in [0.2, 0.25) is 0 Å². The molecule has 104 valence electrons. The molecule has 0 unspecified atom stereocenters. The third-order valence-electron chi connectivity index (χ3n) is 3.09. The van der Waals surface area contributed by atoms with Gasteiger partial charge in [-0.25, -0.2) is 8.42 Å². The average molecular weight is 308 g/mol. The number of rotatable bonds is 3. The minimum Gasteiger partial charge on any atom is -0.472 e. The molecule has 3 rings (SSSR count). The molecular weight excluding hydrogens is 296 g/mol. The average Bonchev–Trinajstić information content (AvgIpc) is 2.97. The molecule has 0 fully saturated rings. The highest BCUT2D eigenvalue weighted by atomic mass is 32.2. The highest BCUT2D eigenvalue weighted by molar-refractivity contribution is 7.91. The fourth-order valence-corrected chi connectivity index (χ4v) is 3.30. The first-order chi connectivity index (χ1) is 9.47. The van der Waals surface area contributed by atoms with E-state index < -0.39 is 9.84 Å². The van der Waals surface area contributed by atoms with Gasteiger partial charge in [-0.2, -0.15) is 0 Å². The first-order valence-electron chi connectivity index (χ1n) is 5.89. The van der Waals surface area contributed by atoms with Gasteiger partial charge in [0.25, 0.3) is 0 Å². The molecule has 2 heterocycles. The number of aromatic nitrogens is 2. The highest BCUT2D eigenvalue weighted by Crippen LogP contribution is 2.23. The summed E-state index contributed by atoms with van der Waals surface area (Å²) >= 11 is 5.29. The summed E-state index contributed by atoms with van der Waals surface area (Å²) in [6.45, 7) is 0.530. The first-order valence-corrected chi connectivity index (χ1v) is 8.19. The van der Waals surface area contributed by atoms with E-state index in [0.29, 0.717) is 16.8 Å². The van der Waals surface area contributed by atoms with Gasteiger partial charge in [-0.3, -0.25) is 0 Å². The maximum absolute atomic E-state index is 11.8. The SMILES string of the molecule is CS(=O)(=O)c1cccc2c1[nH]c(=S)n2Cc1ccoc1. The second-order valence-corrected chi connectivity index (χ2v) is 6.94. The van der Waals surface area contributed by atoms with Gasteiger partial charge in [0.1, 0.15) is 0 Å². The summed E-state index contributed by atoms with van der Waals surface area (Å²) < 4.78 is 31.0. The van der Waals surface area contributed by atoms with Crippen LogP contribution in [-0.4, -0.2) is 24.2 Å². The molecule has 0 saturated heterocycles. The van der Waals surface area contributed by atoms with E-state index >= 15 is 0 Å². The van der Waals surface area contributed by atoms with Crippen LogP contribution in [0, 0.1) is 4.77 Å². The summed E-state index contributed by atoms with van der Waals surface area (Å²) in [5, 5.41) is 0. The van der Waals surface area contributed by atoms with Gasteiger partial charge in [-0.1, -0.05) is 6.07 Å². The Bertz CT molecular complexity index is 918. The third-order valence-corrected chi connectivity index (χ3v) is 4.55. The third kappa shape index (κ3) is 2.19. The topological polar surface area (TPSA) is 68.0 Å². The Kier molecular flexibility index (Phi) is 3.02. The molecule has 1 N–H and O–H groups in total. The molecule has 0 radical (unpaired) electrons. The molecule has 20 heavy (non-hydrogen) atoms. The number of H-pyrrole nitrogens is 1. The molecule has 0 spiro atoms. The molecule has 0 saturated carbocycles. The maximum Gasteiger partial charge on any atom is 0.178 e. The number of nitrogens with zero attached hydrogens (tertiary/aromatic N) is 1. The fourth-order valence-electron chi connectivity index (χ4n) is 2.19. The fraction of sp³-hybridized carbons (Fsp3) is 0.154. The number of furan rings is 1. The van der Waals surface area contributed by atoms with Crippen LogP contribution in [0.1, 0.15) is 5.56 Å². The van der Waals surface area contributed by atoms with Gasteiger partial charge < -0.3 is 14.0 Å². The van der Waals surface area contributed by atoms with E-state index in [9.17, 15) is 8.42 Å². The minimum absolute atomic E-state index is 0.257. The van der Waals surface area contributed by atoms with Crippen LogP contribution in [0.2, 0.25) is 0 Å². The van der Waals surface area contributed by atoms with Crippen LogP contribution in [0.15, 0.2) is 46.1 Å². The zero-order valence-electron chi connectivity index (χ0n) is 10.7. The standard InChI is InChI=1S/C13H12N2O3S2/c1-20(16,17)11-4-2-3-10-12(11)14-13(19)15(10)7-9-5-6-18-8-9/h2-6,8H,7H2,1H3,(H,14,19). The van der Waals surface area contributed by atoms with Crippen molar-refractivity contribution in [1.29, 1.82) is 0 Å². The van der Waals surface area contributed by atoms with E-state index in [-0.39, 0.29) is 4.90 Å². The van der Waals surface area contributed by atoms with Crippen LogP contribution < -0.4 is 0 Å². The number of fused-ring (bicyclic) bond motifs is 1. The zero-order valence-corrected chi connectivity index (χ0v) is 12.3. The van der Waals surface area contributed by atoms with E-state index in [1.54, 1.807) is 24.7 Å². The lowest BCUT2D eigenvalue weighted by molar-refractivity contribution is 0.562. The van der Waals surface area contributed by atoms with E-state index in [1.165, 1.54) is 6.26 Å². The Morgan fingerprint density at radius 1 is 1.35 bits per heavy atom. The molecular formula is C13H12N2O3S2. The van der Waals surface area contributed by atoms with Gasteiger partial charge in [0.05, 0.1) is 35.0 Å². The molecule has 5 nitrogen and oxygen atoms in total. The quantitative estimate of drug-likeness (QED) is 0.755. The largest absolute Gasteiger partial charge is 0.472 e. The monoisotopic (exact) mass is 308 g/mol. The predicted octanol–water partition coefficient (Wildman–Crippen LogP) is 2.74. The summed E-state index contributed by atoms with van der Waals surface area (Å²) in [5.41, 5.74) is 2.27. The van der Waals surface area contributed by atoms with Crippen molar-refractivity contribution in [2.75, 3.05) is 6.26 Å². The Morgan fingerprint density at radius 2 is 2.15 bits per heavy atom. The van der Waals surface area contributed by atoms with Crippen molar-refractivity contribution in [1.82, 2.24) is 9.55 Å². The lowest BCUT2D eigenvalue weighted by Crippen LogP contribution is -2.00. The van der Waals surface area contributed by atoms with E-state index in [0.717, 1.165) is 11.1 Å². The van der Waals surface area contributed by atoms with Crippen LogP contribution in [0.25, 0.3) is 11.0 Å². The maximum atomic E-state index is 11.8. The smallest absolute Gasteiger partial charge is 0.178 e. The molecule has 2 aromatic heterocycles. The second-order valence-electron chi connectivity index (χ2n) is 4.57. The molecule has 7 heteroatoms. The van der Waals surface area contributed by atoms with Crippen molar-refractivity contribution in [3.63, 3.8) is 0 Å². The van der Waals surface area contributed by atoms with Crippen molar-refractivity contribution in [3.8, 4) is 0 Å². The first kappa shape index (κ1) is 13.1. The van der Waals surface area contributed by atoms with Crippen molar-refractivity contribution in [2.45, 2.75) is 11.4 Å². The van der Waals surface area contributed by atoms with Crippen molar-refractivity contribution < 1.29 is 12.8 Å². The second kappa shape index (κ2) is 4.60. The van der Waals surface area contributed by atoms with Gasteiger partial charge in [0, 0.05) is 11.8 Å². The summed E-state index contributed by atoms with van der Waals surface area (Å²) in [5.74, 6) is 0. The molecule has 0 aliphatic carbocycles. The minimum atomic E-state index is -3.30. The van der Waals surface area contributed by atoms with Crippen LogP contribution in [-0.2, 0) is 16.4 Å². The summed E-state index contributed by atoms with van der Waals surface area (Å²) in [6, 6.07) is 6.98. The number of aromatic amines is 1. The van der Waals surface area contributed by atoms with Crippen molar-refractivity contribution in [3.05, 3.63) is 47.1 Å². The normalized spacial score (nSPS) is 12.1. The Hall–Kier alpha value is -1.86. The van der Waals surface area contributed by atoms with E-state index in [1.807, 2.05) is 16.7 Å². The molecule has 3 aromatic rings. The number of para-hydroxylation sites is 1. The van der Waals surface area contributed by atoms with Gasteiger partial charge in [-0.05, 0) is 30.4 Å².